The molecule has 0 radical (unpaired) electrons. The van der Waals surface area contributed by atoms with E-state index in [-0.39, 0.29) is 24.1 Å². The van der Waals surface area contributed by atoms with Crippen molar-refractivity contribution in [1.82, 2.24) is 6.15 Å². The third-order valence-corrected chi connectivity index (χ3v) is 5.73. The van der Waals surface area contributed by atoms with E-state index < -0.39 is 29.9 Å². The van der Waals surface area contributed by atoms with Gasteiger partial charge in [-0.2, -0.15) is 0 Å². The molecule has 0 aliphatic heterocycles. The molecule has 30 heavy (non-hydrogen) atoms. The van der Waals surface area contributed by atoms with E-state index in [1.165, 1.54) is 0 Å². The highest BCUT2D eigenvalue weighted by Crippen LogP contribution is 2.35. The first-order chi connectivity index (χ1) is 13.6. The highest BCUT2D eigenvalue weighted by Gasteiger charge is 2.22. The van der Waals surface area contributed by atoms with E-state index in [0.29, 0.717) is 11.8 Å². The fourth-order valence-electron chi connectivity index (χ4n) is 2.60. The van der Waals surface area contributed by atoms with Crippen molar-refractivity contribution >= 4 is 25.8 Å². The molecule has 0 heterocycles. The molecule has 0 aliphatic rings. The van der Waals surface area contributed by atoms with Crippen LogP contribution in [0.1, 0.15) is 5.56 Å². The first-order valence-electron chi connectivity index (χ1n) is 8.32. The van der Waals surface area contributed by atoms with Gasteiger partial charge in [0, 0.05) is 12.6 Å². The van der Waals surface area contributed by atoms with Gasteiger partial charge < -0.3 is 20.8 Å². The summed E-state index contributed by atoms with van der Waals surface area (Å²) in [6.07, 6.45) is 0. The number of primary sulfonamides is 1. The Labute approximate surface area is 174 Å². The zero-order chi connectivity index (χ0) is 21.1. The number of sulfonamides is 1. The standard InChI is InChI=1S/C19H18N2O6S2.H3N/c20-28(22,23)19-12-18(29(24,25)26)16(21-13-14-7-3-1-4-8-14)11-17(19)27-15-9-5-2-6-10-15;/h1-12,21H,13H2,(H2,20,22,23)(H,24,25,26);1H3. The van der Waals surface area contributed by atoms with Gasteiger partial charge in [0.1, 0.15) is 26.5 Å². The molecule has 3 aromatic rings. The van der Waals surface area contributed by atoms with Crippen LogP contribution in [0.3, 0.4) is 0 Å². The van der Waals surface area contributed by atoms with Gasteiger partial charge in [-0.25, -0.2) is 22.0 Å². The molecule has 0 unspecified atom stereocenters. The van der Waals surface area contributed by atoms with E-state index in [0.717, 1.165) is 11.6 Å². The van der Waals surface area contributed by atoms with Crippen LogP contribution in [0.2, 0.25) is 0 Å². The summed E-state index contributed by atoms with van der Waals surface area (Å²) in [5.41, 5.74) is 0.727. The zero-order valence-electron chi connectivity index (χ0n) is 16.0. The number of hydrogen-bond acceptors (Lipinski definition) is 7. The van der Waals surface area contributed by atoms with E-state index >= 15 is 0 Å². The van der Waals surface area contributed by atoms with Crippen LogP contribution in [0, 0.1) is 0 Å². The van der Waals surface area contributed by atoms with Crippen molar-refractivity contribution in [3.8, 4) is 11.5 Å². The Balaban J connectivity index is 0.00000320. The van der Waals surface area contributed by atoms with Crippen molar-refractivity contribution in [2.24, 2.45) is 5.14 Å². The second kappa shape index (κ2) is 9.24. The Morgan fingerprint density at radius 1 is 0.867 bits per heavy atom. The average molecular weight is 452 g/mol. The summed E-state index contributed by atoms with van der Waals surface area (Å²) in [7, 11) is -9.37. The van der Waals surface area contributed by atoms with Gasteiger partial charge in [-0.05, 0) is 23.8 Å². The maximum Gasteiger partial charge on any atom is 0.241 e. The molecular weight excluding hydrogens is 430 g/mol. The van der Waals surface area contributed by atoms with E-state index in [2.05, 4.69) is 5.32 Å². The van der Waals surface area contributed by atoms with Gasteiger partial charge in [-0.3, -0.25) is 0 Å². The van der Waals surface area contributed by atoms with Gasteiger partial charge in [0.05, 0.1) is 10.6 Å². The van der Waals surface area contributed by atoms with Gasteiger partial charge in [-0.15, -0.1) is 0 Å². The van der Waals surface area contributed by atoms with Gasteiger partial charge in [0.25, 0.3) is 0 Å². The van der Waals surface area contributed by atoms with Crippen LogP contribution in [-0.2, 0) is 26.7 Å². The minimum atomic E-state index is -5.00. The van der Waals surface area contributed by atoms with Crippen LogP contribution in [0.4, 0.5) is 5.69 Å². The van der Waals surface area contributed by atoms with Crippen LogP contribution in [0.25, 0.3) is 0 Å². The molecule has 0 amide bonds. The number of para-hydroxylation sites is 1. The van der Waals surface area contributed by atoms with Crippen molar-refractivity contribution in [1.29, 1.82) is 0 Å². The topological polar surface area (TPSA) is 175 Å². The van der Waals surface area contributed by atoms with Crippen molar-refractivity contribution in [2.45, 2.75) is 16.3 Å². The number of benzene rings is 3. The number of hydrogen-bond donors (Lipinski definition) is 3. The Bertz CT molecular complexity index is 1220. The summed E-state index contributed by atoms with van der Waals surface area (Å²) in [6.45, 7) is 0.197. The lowest BCUT2D eigenvalue weighted by molar-refractivity contribution is 0.459. The first kappa shape index (κ1) is 23.3. The van der Waals surface area contributed by atoms with Crippen LogP contribution >= 0.6 is 0 Å². The summed E-state index contributed by atoms with van der Waals surface area (Å²) < 4.78 is 64.8. The molecule has 0 aliphatic carbocycles. The number of ether oxygens (including phenoxy) is 1. The Hall–Kier alpha value is -2.96. The van der Waals surface area contributed by atoms with Gasteiger partial charge >= 0.3 is 0 Å². The van der Waals surface area contributed by atoms with Crippen LogP contribution in [0.5, 0.6) is 11.5 Å². The van der Waals surface area contributed by atoms with E-state index in [9.17, 15) is 21.4 Å². The molecule has 0 atom stereocenters. The number of anilines is 1. The van der Waals surface area contributed by atoms with Crippen molar-refractivity contribution in [2.75, 3.05) is 5.32 Å². The molecule has 0 saturated heterocycles. The monoisotopic (exact) mass is 451 g/mol. The lowest BCUT2D eigenvalue weighted by atomic mass is 10.2. The van der Waals surface area contributed by atoms with Crippen LogP contribution in [-0.4, -0.2) is 21.4 Å². The molecule has 0 aromatic heterocycles. The third-order valence-electron chi connectivity index (χ3n) is 3.92. The van der Waals surface area contributed by atoms with E-state index in [4.69, 9.17) is 9.88 Å². The molecule has 0 fully saturated rings. The Morgan fingerprint density at radius 2 is 1.43 bits per heavy atom. The van der Waals surface area contributed by atoms with Gasteiger partial charge in [0.2, 0.25) is 10.0 Å². The minimum absolute atomic E-state index is 0. The first-order valence-corrected chi connectivity index (χ1v) is 11.3. The van der Waals surface area contributed by atoms with Crippen molar-refractivity contribution < 1.29 is 26.1 Å². The molecule has 3 rings (SSSR count). The lowest BCUT2D eigenvalue weighted by Crippen LogP contribution is -2.16. The maximum absolute atomic E-state index is 12.0. The van der Waals surface area contributed by atoms with Crippen molar-refractivity contribution in [3.05, 3.63) is 78.4 Å². The summed E-state index contributed by atoms with van der Waals surface area (Å²) in [6, 6.07) is 19.2. The molecule has 9 nitrogen and oxygen atoms in total. The molecule has 3 aromatic carbocycles. The number of rotatable bonds is 7. The second-order valence-corrected chi connectivity index (χ2v) is 8.93. The molecule has 11 heteroatoms. The normalized spacial score (nSPS) is 11.4. The second-order valence-electron chi connectivity index (χ2n) is 6.05. The van der Waals surface area contributed by atoms with Crippen LogP contribution in [0.15, 0.2) is 82.6 Å². The van der Waals surface area contributed by atoms with Crippen LogP contribution < -0.4 is 21.3 Å². The van der Waals surface area contributed by atoms with Gasteiger partial charge in [-0.1, -0.05) is 48.5 Å². The zero-order valence-corrected chi connectivity index (χ0v) is 17.6. The summed E-state index contributed by atoms with van der Waals surface area (Å²) in [5.74, 6) is 0.103. The quantitative estimate of drug-likeness (QED) is 0.462. The molecule has 0 saturated carbocycles. The summed E-state index contributed by atoms with van der Waals surface area (Å²) in [4.78, 5) is -1.35. The lowest BCUT2D eigenvalue weighted by Gasteiger charge is -2.19. The smallest absolute Gasteiger partial charge is 0.241 e. The fraction of sp³-hybridized carbons (Fsp3) is 0.0526. The third kappa shape index (κ3) is 5.78. The maximum atomic E-state index is 12.0. The Kier molecular flexibility index (Phi) is 7.18. The highest BCUT2D eigenvalue weighted by atomic mass is 32.2. The molecule has 0 bridgehead atoms. The minimum Gasteiger partial charge on any atom is -0.744 e. The number of quaternary nitrogens is 1. The summed E-state index contributed by atoms with van der Waals surface area (Å²) in [5, 5.41) is 8.06. The predicted octanol–water partition coefficient (Wildman–Crippen LogP) is 3.02. The Morgan fingerprint density at radius 3 is 1.97 bits per heavy atom. The number of nitrogens with two attached hydrogens (primary N) is 1. The largest absolute Gasteiger partial charge is 0.744 e. The summed E-state index contributed by atoms with van der Waals surface area (Å²) >= 11 is 0. The molecule has 0 spiro atoms. The SMILES string of the molecule is NS(=O)(=O)c1cc(S(=O)(=O)[O-])c(NCc2ccccc2)cc1Oc1ccccc1.[NH4+]. The average Bonchev–Trinajstić information content (AvgIpc) is 2.66. The number of nitrogens with one attached hydrogen (secondary N) is 1. The predicted molar refractivity (Wildman–Crippen MR) is 112 cm³/mol. The van der Waals surface area contributed by atoms with Crippen molar-refractivity contribution in [3.63, 3.8) is 0 Å². The highest BCUT2D eigenvalue weighted by molar-refractivity contribution is 7.89. The van der Waals surface area contributed by atoms with E-state index in [1.54, 1.807) is 54.6 Å². The molecule has 7 N–H and O–H groups in total. The van der Waals surface area contributed by atoms with Gasteiger partial charge in [0.15, 0.2) is 0 Å². The fourth-order valence-corrected chi connectivity index (χ4v) is 4.00. The molecular formula is C19H21N3O6S2. The molecule has 160 valence electrons. The van der Waals surface area contributed by atoms with E-state index in [1.807, 2.05) is 6.07 Å².